The number of fused-ring (bicyclic) bond motifs is 1. The van der Waals surface area contributed by atoms with Crippen LogP contribution in [0, 0.1) is 0 Å². The lowest BCUT2D eigenvalue weighted by Crippen LogP contribution is -2.00. The van der Waals surface area contributed by atoms with Crippen LogP contribution < -0.4 is 5.32 Å². The second-order valence-corrected chi connectivity index (χ2v) is 3.81. The van der Waals surface area contributed by atoms with E-state index < -0.39 is 0 Å². The zero-order valence-electron chi connectivity index (χ0n) is 9.22. The summed E-state index contributed by atoms with van der Waals surface area (Å²) in [5.74, 6) is 0.841. The summed E-state index contributed by atoms with van der Waals surface area (Å²) in [7, 11) is 0. The van der Waals surface area contributed by atoms with Crippen molar-refractivity contribution in [1.82, 2.24) is 15.0 Å². The third kappa shape index (κ3) is 2.10. The zero-order valence-corrected chi connectivity index (χ0v) is 9.22. The summed E-state index contributed by atoms with van der Waals surface area (Å²) < 4.78 is 0. The van der Waals surface area contributed by atoms with Crippen molar-refractivity contribution in [1.29, 1.82) is 0 Å². The monoisotopic (exact) mass is 224 g/mol. The molecular weight excluding hydrogens is 212 g/mol. The average Bonchev–Trinajstić information content (AvgIpc) is 2.85. The predicted molar refractivity (Wildman–Crippen MR) is 67.7 cm³/mol. The molecule has 3 aromatic rings. The van der Waals surface area contributed by atoms with Crippen LogP contribution >= 0.6 is 0 Å². The molecule has 0 fully saturated rings. The van der Waals surface area contributed by atoms with Gasteiger partial charge >= 0.3 is 0 Å². The summed E-state index contributed by atoms with van der Waals surface area (Å²) in [6.07, 6.45) is 1.65. The molecule has 0 unspecified atom stereocenters. The highest BCUT2D eigenvalue weighted by Crippen LogP contribution is 2.11. The molecule has 4 heteroatoms. The van der Waals surface area contributed by atoms with Crippen LogP contribution in [-0.2, 0) is 6.54 Å². The van der Waals surface area contributed by atoms with Crippen molar-refractivity contribution >= 4 is 17.0 Å². The number of hydrogen-bond donors (Lipinski definition) is 2. The minimum atomic E-state index is 0.739. The van der Waals surface area contributed by atoms with E-state index in [1.165, 1.54) is 5.56 Å². The third-order valence-electron chi connectivity index (χ3n) is 2.60. The van der Waals surface area contributed by atoms with Gasteiger partial charge < -0.3 is 10.3 Å². The Morgan fingerprint density at radius 3 is 2.82 bits per heavy atom. The Bertz CT molecular complexity index is 615. The molecule has 4 nitrogen and oxygen atoms in total. The van der Waals surface area contributed by atoms with Gasteiger partial charge in [-0.05, 0) is 17.7 Å². The predicted octanol–water partition coefficient (Wildman–Crippen LogP) is 2.57. The first-order valence-electron chi connectivity index (χ1n) is 5.50. The highest BCUT2D eigenvalue weighted by molar-refractivity contribution is 5.71. The van der Waals surface area contributed by atoms with Crippen molar-refractivity contribution < 1.29 is 0 Å². The van der Waals surface area contributed by atoms with Crippen molar-refractivity contribution in [3.63, 3.8) is 0 Å². The fraction of sp³-hybridized carbons (Fsp3) is 0.0769. The largest absolute Gasteiger partial charge is 0.366 e. The highest BCUT2D eigenvalue weighted by atomic mass is 15.0. The van der Waals surface area contributed by atoms with Gasteiger partial charge in [-0.25, -0.2) is 9.97 Å². The second kappa shape index (κ2) is 4.25. The Balaban J connectivity index is 1.76. The van der Waals surface area contributed by atoms with Gasteiger partial charge in [0.2, 0.25) is 0 Å². The maximum Gasteiger partial charge on any atom is 0.179 e. The van der Waals surface area contributed by atoms with Crippen LogP contribution in [-0.4, -0.2) is 15.0 Å². The molecule has 0 saturated heterocycles. The maximum atomic E-state index is 4.40. The summed E-state index contributed by atoms with van der Waals surface area (Å²) in [4.78, 5) is 11.5. The van der Waals surface area contributed by atoms with E-state index in [0.29, 0.717) is 0 Å². The Kier molecular flexibility index (Phi) is 2.46. The molecule has 2 heterocycles. The van der Waals surface area contributed by atoms with E-state index in [4.69, 9.17) is 0 Å². The summed E-state index contributed by atoms with van der Waals surface area (Å²) in [5.41, 5.74) is 2.93. The smallest absolute Gasteiger partial charge is 0.179 e. The van der Waals surface area contributed by atoms with Gasteiger partial charge in [-0.1, -0.05) is 30.3 Å². The molecule has 84 valence electrons. The topological polar surface area (TPSA) is 53.6 Å². The Morgan fingerprint density at radius 1 is 1.06 bits per heavy atom. The maximum absolute atomic E-state index is 4.40. The van der Waals surface area contributed by atoms with Crippen LogP contribution in [0.2, 0.25) is 0 Å². The van der Waals surface area contributed by atoms with E-state index in [1.54, 1.807) is 6.33 Å². The van der Waals surface area contributed by atoms with Crippen molar-refractivity contribution in [3.05, 3.63) is 54.4 Å². The Labute approximate surface area is 98.7 Å². The number of benzene rings is 1. The molecule has 0 bridgehead atoms. The summed E-state index contributed by atoms with van der Waals surface area (Å²) in [5, 5.41) is 3.28. The van der Waals surface area contributed by atoms with Crippen molar-refractivity contribution in [2.45, 2.75) is 6.54 Å². The van der Waals surface area contributed by atoms with Gasteiger partial charge in [0.15, 0.2) is 5.65 Å². The fourth-order valence-electron chi connectivity index (χ4n) is 1.71. The summed E-state index contributed by atoms with van der Waals surface area (Å²) >= 11 is 0. The van der Waals surface area contributed by atoms with Gasteiger partial charge in [-0.2, -0.15) is 0 Å². The quantitative estimate of drug-likeness (QED) is 0.719. The lowest BCUT2D eigenvalue weighted by molar-refractivity contribution is 1.12. The normalized spacial score (nSPS) is 10.6. The number of nitrogens with one attached hydrogen (secondary N) is 2. The lowest BCUT2D eigenvalue weighted by atomic mass is 10.2. The van der Waals surface area contributed by atoms with Crippen LogP contribution in [0.15, 0.2) is 48.8 Å². The number of nitrogens with zero attached hydrogens (tertiary/aromatic N) is 2. The van der Waals surface area contributed by atoms with Gasteiger partial charge in [0, 0.05) is 6.54 Å². The van der Waals surface area contributed by atoms with Gasteiger partial charge in [-0.3, -0.25) is 0 Å². The lowest BCUT2D eigenvalue weighted by Gasteiger charge is -2.04. The number of aromatic amines is 1. The average molecular weight is 224 g/mol. The van der Waals surface area contributed by atoms with Gasteiger partial charge in [0.25, 0.3) is 0 Å². The number of rotatable bonds is 3. The molecule has 0 atom stereocenters. The first-order valence-corrected chi connectivity index (χ1v) is 5.50. The van der Waals surface area contributed by atoms with Crippen LogP contribution in [0.5, 0.6) is 0 Å². The van der Waals surface area contributed by atoms with E-state index in [9.17, 15) is 0 Å². The zero-order chi connectivity index (χ0) is 11.5. The molecule has 1 aromatic carbocycles. The number of anilines is 1. The molecule has 0 saturated carbocycles. The molecular formula is C13H12N4. The molecule has 0 aliphatic rings. The molecule has 0 amide bonds. The molecule has 0 spiro atoms. The number of pyridine rings is 1. The minimum absolute atomic E-state index is 0.739. The summed E-state index contributed by atoms with van der Waals surface area (Å²) in [6.45, 7) is 0.768. The minimum Gasteiger partial charge on any atom is -0.366 e. The van der Waals surface area contributed by atoms with E-state index >= 15 is 0 Å². The van der Waals surface area contributed by atoms with E-state index in [2.05, 4.69) is 32.4 Å². The summed E-state index contributed by atoms with van der Waals surface area (Å²) in [6, 6.07) is 14.2. The molecule has 2 N–H and O–H groups in total. The number of aromatic nitrogens is 3. The standard InChI is InChI=1S/C13H12N4/c1-2-4-10(5-3-1)8-14-12-7-6-11-13(17-12)16-9-15-11/h1-7,9H,8H2,(H2,14,15,16,17). The molecule has 3 rings (SSSR count). The van der Waals surface area contributed by atoms with Crippen molar-refractivity contribution in [2.75, 3.05) is 5.32 Å². The second-order valence-electron chi connectivity index (χ2n) is 3.81. The molecule has 0 radical (unpaired) electrons. The molecule has 0 aliphatic carbocycles. The first kappa shape index (κ1) is 9.84. The van der Waals surface area contributed by atoms with Gasteiger partial charge in [0.05, 0.1) is 11.8 Å². The SMILES string of the molecule is c1ccc(CNc2ccc3[nH]cnc3n2)cc1. The first-order chi connectivity index (χ1) is 8.42. The van der Waals surface area contributed by atoms with E-state index in [1.807, 2.05) is 30.3 Å². The molecule has 2 aromatic heterocycles. The van der Waals surface area contributed by atoms with Crippen LogP contribution in [0.4, 0.5) is 5.82 Å². The number of H-pyrrole nitrogens is 1. The molecule has 17 heavy (non-hydrogen) atoms. The van der Waals surface area contributed by atoms with Crippen LogP contribution in [0.25, 0.3) is 11.2 Å². The molecule has 0 aliphatic heterocycles. The Morgan fingerprint density at radius 2 is 1.94 bits per heavy atom. The number of hydrogen-bond acceptors (Lipinski definition) is 3. The van der Waals surface area contributed by atoms with E-state index in [0.717, 1.165) is 23.5 Å². The van der Waals surface area contributed by atoms with Gasteiger partial charge in [-0.15, -0.1) is 0 Å². The fourth-order valence-corrected chi connectivity index (χ4v) is 1.71. The van der Waals surface area contributed by atoms with E-state index in [-0.39, 0.29) is 0 Å². The Hall–Kier alpha value is -2.36. The number of imidazole rings is 1. The highest BCUT2D eigenvalue weighted by Gasteiger charge is 1.99. The van der Waals surface area contributed by atoms with Crippen molar-refractivity contribution in [2.24, 2.45) is 0 Å². The van der Waals surface area contributed by atoms with Crippen LogP contribution in [0.1, 0.15) is 5.56 Å². The van der Waals surface area contributed by atoms with Gasteiger partial charge in [0.1, 0.15) is 5.82 Å². The van der Waals surface area contributed by atoms with Crippen molar-refractivity contribution in [3.8, 4) is 0 Å². The third-order valence-corrected chi connectivity index (χ3v) is 2.60. The van der Waals surface area contributed by atoms with Crippen LogP contribution in [0.3, 0.4) is 0 Å².